The van der Waals surface area contributed by atoms with E-state index in [-0.39, 0.29) is 0 Å². The molecule has 0 amide bonds. The monoisotopic (exact) mass is 243 g/mol. The van der Waals surface area contributed by atoms with Crippen LogP contribution in [0.5, 0.6) is 0 Å². The summed E-state index contributed by atoms with van der Waals surface area (Å²) in [5.41, 5.74) is 8.54. The zero-order valence-corrected chi connectivity index (χ0v) is 9.70. The predicted octanol–water partition coefficient (Wildman–Crippen LogP) is 3.54. The third-order valence-electron chi connectivity index (χ3n) is 2.33. The molecule has 0 saturated heterocycles. The summed E-state index contributed by atoms with van der Waals surface area (Å²) in [4.78, 5) is 0. The van der Waals surface area contributed by atoms with Gasteiger partial charge in [-0.2, -0.15) is 5.26 Å². The van der Waals surface area contributed by atoms with Gasteiger partial charge in [0.05, 0.1) is 28.0 Å². The van der Waals surface area contributed by atoms with Crippen LogP contribution in [0.3, 0.4) is 0 Å². The van der Waals surface area contributed by atoms with Crippen LogP contribution in [0, 0.1) is 11.3 Å². The van der Waals surface area contributed by atoms with E-state index in [1.54, 1.807) is 42.5 Å². The molecule has 2 rings (SSSR count). The highest BCUT2D eigenvalue weighted by molar-refractivity contribution is 6.34. The van der Waals surface area contributed by atoms with Crippen molar-refractivity contribution >= 4 is 28.7 Å². The fourth-order valence-corrected chi connectivity index (χ4v) is 1.67. The maximum atomic E-state index is 8.69. The highest BCUT2D eigenvalue weighted by Gasteiger charge is 2.04. The van der Waals surface area contributed by atoms with Crippen LogP contribution in [-0.2, 0) is 0 Å². The maximum Gasteiger partial charge on any atom is 0.0991 e. The first-order valence-electron chi connectivity index (χ1n) is 5.02. The molecule has 2 aromatic rings. The Balaban J connectivity index is 2.29. The molecule has 2 aromatic carbocycles. The molecular weight excluding hydrogens is 234 g/mol. The van der Waals surface area contributed by atoms with Gasteiger partial charge in [0.15, 0.2) is 0 Å². The molecule has 0 fully saturated rings. The summed E-state index contributed by atoms with van der Waals surface area (Å²) >= 11 is 6.04. The van der Waals surface area contributed by atoms with Gasteiger partial charge < -0.3 is 11.1 Å². The van der Waals surface area contributed by atoms with Crippen LogP contribution in [0.25, 0.3) is 0 Å². The van der Waals surface area contributed by atoms with E-state index >= 15 is 0 Å². The fourth-order valence-electron chi connectivity index (χ4n) is 1.45. The van der Waals surface area contributed by atoms with Crippen molar-refractivity contribution in [3.8, 4) is 6.07 Å². The zero-order valence-electron chi connectivity index (χ0n) is 8.94. The Bertz CT molecular complexity index is 550. The van der Waals surface area contributed by atoms with Gasteiger partial charge in [-0.25, -0.2) is 0 Å². The molecule has 0 saturated carbocycles. The third-order valence-corrected chi connectivity index (χ3v) is 2.64. The highest BCUT2D eigenvalue weighted by Crippen LogP contribution is 2.30. The summed E-state index contributed by atoms with van der Waals surface area (Å²) in [5.74, 6) is 0. The lowest BCUT2D eigenvalue weighted by atomic mass is 10.2. The summed E-state index contributed by atoms with van der Waals surface area (Å²) in [6.07, 6.45) is 0. The van der Waals surface area contributed by atoms with Gasteiger partial charge in [-0.1, -0.05) is 17.7 Å². The largest absolute Gasteiger partial charge is 0.397 e. The lowest BCUT2D eigenvalue weighted by molar-refractivity contribution is 1.47. The summed E-state index contributed by atoms with van der Waals surface area (Å²) in [7, 11) is 0. The molecule has 4 heteroatoms. The van der Waals surface area contributed by atoms with E-state index in [1.807, 2.05) is 0 Å². The number of nitrogens with one attached hydrogen (secondary N) is 1. The maximum absolute atomic E-state index is 8.69. The Morgan fingerprint density at radius 2 is 1.82 bits per heavy atom. The number of halogens is 1. The highest BCUT2D eigenvalue weighted by atomic mass is 35.5. The number of nitrogen functional groups attached to an aromatic ring is 1. The molecule has 0 aliphatic heterocycles. The topological polar surface area (TPSA) is 61.8 Å². The van der Waals surface area contributed by atoms with Crippen LogP contribution < -0.4 is 11.1 Å². The number of para-hydroxylation sites is 1. The van der Waals surface area contributed by atoms with Gasteiger partial charge in [-0.3, -0.25) is 0 Å². The minimum Gasteiger partial charge on any atom is -0.397 e. The number of nitriles is 1. The molecule has 3 nitrogen and oxygen atoms in total. The van der Waals surface area contributed by atoms with Crippen molar-refractivity contribution in [2.45, 2.75) is 0 Å². The van der Waals surface area contributed by atoms with E-state index in [0.29, 0.717) is 22.0 Å². The molecule has 0 aliphatic rings. The molecule has 0 aliphatic carbocycles. The first-order valence-corrected chi connectivity index (χ1v) is 5.39. The minimum absolute atomic E-state index is 0.564. The van der Waals surface area contributed by atoms with E-state index in [9.17, 15) is 0 Å². The van der Waals surface area contributed by atoms with Crippen LogP contribution in [0.2, 0.25) is 5.02 Å². The van der Waals surface area contributed by atoms with Crippen molar-refractivity contribution in [3.05, 3.63) is 53.1 Å². The molecular formula is C13H10ClN3. The average molecular weight is 244 g/mol. The molecule has 0 spiro atoms. The molecule has 0 atom stereocenters. The lowest BCUT2D eigenvalue weighted by Crippen LogP contribution is -1.96. The van der Waals surface area contributed by atoms with E-state index < -0.39 is 0 Å². The molecule has 17 heavy (non-hydrogen) atoms. The SMILES string of the molecule is N#Cc1ccc(Nc2c(N)cccc2Cl)cc1. The van der Waals surface area contributed by atoms with Crippen molar-refractivity contribution in [1.82, 2.24) is 0 Å². The van der Waals surface area contributed by atoms with Gasteiger partial charge in [-0.05, 0) is 36.4 Å². The zero-order chi connectivity index (χ0) is 12.3. The molecule has 0 aromatic heterocycles. The normalized spacial score (nSPS) is 9.65. The fraction of sp³-hybridized carbons (Fsp3) is 0. The third kappa shape index (κ3) is 2.49. The van der Waals surface area contributed by atoms with Gasteiger partial charge in [-0.15, -0.1) is 0 Å². The molecule has 3 N–H and O–H groups in total. The molecule has 0 heterocycles. The second-order valence-corrected chi connectivity index (χ2v) is 3.93. The Morgan fingerprint density at radius 3 is 2.41 bits per heavy atom. The van der Waals surface area contributed by atoms with Crippen molar-refractivity contribution < 1.29 is 0 Å². The van der Waals surface area contributed by atoms with Crippen LogP contribution >= 0.6 is 11.6 Å². The number of hydrogen-bond acceptors (Lipinski definition) is 3. The van der Waals surface area contributed by atoms with Crippen molar-refractivity contribution in [2.75, 3.05) is 11.1 Å². The number of anilines is 3. The number of rotatable bonds is 2. The first kappa shape index (κ1) is 11.3. The minimum atomic E-state index is 0.564. The summed E-state index contributed by atoms with van der Waals surface area (Å²) in [6, 6.07) is 14.5. The smallest absolute Gasteiger partial charge is 0.0991 e. The Kier molecular flexibility index (Phi) is 3.17. The molecule has 0 radical (unpaired) electrons. The van der Waals surface area contributed by atoms with E-state index in [0.717, 1.165) is 5.69 Å². The standard InChI is InChI=1S/C13H10ClN3/c14-11-2-1-3-12(16)13(11)17-10-6-4-9(8-15)5-7-10/h1-7,17H,16H2. The van der Waals surface area contributed by atoms with Crippen molar-refractivity contribution in [3.63, 3.8) is 0 Å². The lowest BCUT2D eigenvalue weighted by Gasteiger charge is -2.10. The Labute approximate surface area is 104 Å². The van der Waals surface area contributed by atoms with Gasteiger partial charge in [0.1, 0.15) is 0 Å². The van der Waals surface area contributed by atoms with Crippen molar-refractivity contribution in [1.29, 1.82) is 5.26 Å². The molecule has 84 valence electrons. The molecule has 0 unspecified atom stereocenters. The van der Waals surface area contributed by atoms with Gasteiger partial charge >= 0.3 is 0 Å². The summed E-state index contributed by atoms with van der Waals surface area (Å²) in [6.45, 7) is 0. The summed E-state index contributed by atoms with van der Waals surface area (Å²) < 4.78 is 0. The Hall–Kier alpha value is -2.18. The van der Waals surface area contributed by atoms with Crippen LogP contribution in [-0.4, -0.2) is 0 Å². The van der Waals surface area contributed by atoms with Crippen LogP contribution in [0.15, 0.2) is 42.5 Å². The second-order valence-electron chi connectivity index (χ2n) is 3.52. The van der Waals surface area contributed by atoms with E-state index in [4.69, 9.17) is 22.6 Å². The van der Waals surface area contributed by atoms with Crippen LogP contribution in [0.4, 0.5) is 17.1 Å². The quantitative estimate of drug-likeness (QED) is 0.793. The first-order chi connectivity index (χ1) is 8.20. The number of nitrogens with two attached hydrogens (primary N) is 1. The Morgan fingerprint density at radius 1 is 1.12 bits per heavy atom. The second kappa shape index (κ2) is 4.77. The predicted molar refractivity (Wildman–Crippen MR) is 70.3 cm³/mol. The van der Waals surface area contributed by atoms with E-state index in [1.165, 1.54) is 0 Å². The van der Waals surface area contributed by atoms with Gasteiger partial charge in [0.2, 0.25) is 0 Å². The van der Waals surface area contributed by atoms with E-state index in [2.05, 4.69) is 11.4 Å². The van der Waals surface area contributed by atoms with Crippen LogP contribution in [0.1, 0.15) is 5.56 Å². The number of nitrogens with zero attached hydrogens (tertiary/aromatic N) is 1. The summed E-state index contributed by atoms with van der Waals surface area (Å²) in [5, 5.41) is 12.4. The average Bonchev–Trinajstić information content (AvgIpc) is 2.35. The van der Waals surface area contributed by atoms with Gasteiger partial charge in [0.25, 0.3) is 0 Å². The number of benzene rings is 2. The van der Waals surface area contributed by atoms with Crippen molar-refractivity contribution in [2.24, 2.45) is 0 Å². The van der Waals surface area contributed by atoms with Gasteiger partial charge in [0, 0.05) is 5.69 Å². The molecule has 0 bridgehead atoms. The number of hydrogen-bond donors (Lipinski definition) is 2.